The van der Waals surface area contributed by atoms with Gasteiger partial charge in [-0.1, -0.05) is 50.6 Å². The first kappa shape index (κ1) is 16.2. The Morgan fingerprint density at radius 3 is 2.32 bits per heavy atom. The van der Waals surface area contributed by atoms with Gasteiger partial charge in [0.1, 0.15) is 0 Å². The van der Waals surface area contributed by atoms with E-state index in [1.54, 1.807) is 0 Å². The lowest BCUT2D eigenvalue weighted by Gasteiger charge is -2.38. The number of hydrogen-bond donors (Lipinski definition) is 1. The summed E-state index contributed by atoms with van der Waals surface area (Å²) >= 11 is 0. The van der Waals surface area contributed by atoms with Crippen LogP contribution in [0.15, 0.2) is 24.3 Å². The highest BCUT2D eigenvalue weighted by Gasteiger charge is 2.27. The van der Waals surface area contributed by atoms with Crippen LogP contribution in [0.5, 0.6) is 0 Å². The van der Waals surface area contributed by atoms with E-state index < -0.39 is 0 Å². The number of nitrogens with zero attached hydrogens (tertiary/aromatic N) is 1. The van der Waals surface area contributed by atoms with Gasteiger partial charge in [0.15, 0.2) is 0 Å². The van der Waals surface area contributed by atoms with Crippen LogP contribution < -0.4 is 5.73 Å². The van der Waals surface area contributed by atoms with Crippen molar-refractivity contribution in [2.75, 3.05) is 7.05 Å². The molecule has 1 aromatic carbocycles. The number of benzene rings is 1. The predicted octanol–water partition coefficient (Wildman–Crippen LogP) is 3.75. The molecule has 19 heavy (non-hydrogen) atoms. The Morgan fingerprint density at radius 2 is 1.84 bits per heavy atom. The van der Waals surface area contributed by atoms with Crippen LogP contribution in [-0.4, -0.2) is 24.0 Å². The van der Waals surface area contributed by atoms with Gasteiger partial charge in [0.05, 0.1) is 0 Å². The van der Waals surface area contributed by atoms with Crippen LogP contribution in [0, 0.1) is 12.8 Å². The second-order valence-electron chi connectivity index (χ2n) is 6.08. The summed E-state index contributed by atoms with van der Waals surface area (Å²) in [6.07, 6.45) is 0.994. The van der Waals surface area contributed by atoms with Gasteiger partial charge in [0, 0.05) is 18.1 Å². The zero-order chi connectivity index (χ0) is 14.6. The highest BCUT2D eigenvalue weighted by Crippen LogP contribution is 2.28. The Hall–Kier alpha value is -0.860. The van der Waals surface area contributed by atoms with E-state index in [2.05, 4.69) is 70.8 Å². The summed E-state index contributed by atoms with van der Waals surface area (Å²) in [6, 6.07) is 9.73. The lowest BCUT2D eigenvalue weighted by Crippen LogP contribution is -2.44. The Morgan fingerprint density at radius 1 is 1.21 bits per heavy atom. The normalized spacial score (nSPS) is 16.7. The molecule has 0 radical (unpaired) electrons. The lowest BCUT2D eigenvalue weighted by molar-refractivity contribution is 0.127. The Kier molecular flexibility index (Phi) is 6.02. The molecule has 1 rings (SSSR count). The monoisotopic (exact) mass is 262 g/mol. The number of likely N-dealkylation sites (N-methyl/N-ethyl adjacent to an activating group) is 1. The molecule has 0 aromatic heterocycles. The van der Waals surface area contributed by atoms with Gasteiger partial charge < -0.3 is 5.73 Å². The molecule has 0 spiro atoms. The molecule has 1 aromatic rings. The minimum atomic E-state index is 0.174. The molecule has 2 heteroatoms. The SMILES string of the molecule is CCC(N)C(c1cccc(C)c1)N(C)C(C)C(C)C. The molecule has 108 valence electrons. The first-order valence-corrected chi connectivity index (χ1v) is 7.42. The molecule has 3 atom stereocenters. The largest absolute Gasteiger partial charge is 0.326 e. The predicted molar refractivity (Wildman–Crippen MR) is 84.2 cm³/mol. The molecule has 3 unspecified atom stereocenters. The average molecular weight is 262 g/mol. The van der Waals surface area contributed by atoms with Crippen LogP contribution in [0.2, 0.25) is 0 Å². The Balaban J connectivity index is 3.08. The van der Waals surface area contributed by atoms with Crippen molar-refractivity contribution in [3.8, 4) is 0 Å². The molecule has 0 fully saturated rings. The van der Waals surface area contributed by atoms with Crippen molar-refractivity contribution in [1.29, 1.82) is 0 Å². The van der Waals surface area contributed by atoms with Crippen molar-refractivity contribution in [1.82, 2.24) is 4.90 Å². The van der Waals surface area contributed by atoms with Gasteiger partial charge in [-0.2, -0.15) is 0 Å². The zero-order valence-electron chi connectivity index (χ0n) is 13.4. The number of rotatable bonds is 6. The second-order valence-corrected chi connectivity index (χ2v) is 6.08. The third-order valence-corrected chi connectivity index (χ3v) is 4.31. The number of aryl methyl sites for hydroxylation is 1. The van der Waals surface area contributed by atoms with E-state index in [-0.39, 0.29) is 6.04 Å². The maximum atomic E-state index is 6.40. The molecule has 0 aliphatic heterocycles. The fourth-order valence-electron chi connectivity index (χ4n) is 2.59. The number of nitrogens with two attached hydrogens (primary N) is 1. The summed E-state index contributed by atoms with van der Waals surface area (Å²) in [5.41, 5.74) is 9.04. The van der Waals surface area contributed by atoms with Crippen molar-refractivity contribution in [3.63, 3.8) is 0 Å². The molecule has 0 heterocycles. The lowest BCUT2D eigenvalue weighted by atomic mass is 9.92. The summed E-state index contributed by atoms with van der Waals surface area (Å²) in [4.78, 5) is 2.44. The highest BCUT2D eigenvalue weighted by molar-refractivity contribution is 5.26. The summed E-state index contributed by atoms with van der Waals surface area (Å²) in [5.74, 6) is 0.626. The highest BCUT2D eigenvalue weighted by atomic mass is 15.2. The van der Waals surface area contributed by atoms with Gasteiger partial charge in [-0.15, -0.1) is 0 Å². The van der Waals surface area contributed by atoms with Crippen molar-refractivity contribution < 1.29 is 0 Å². The van der Waals surface area contributed by atoms with Gasteiger partial charge >= 0.3 is 0 Å². The van der Waals surface area contributed by atoms with E-state index in [1.165, 1.54) is 11.1 Å². The van der Waals surface area contributed by atoms with E-state index in [9.17, 15) is 0 Å². The van der Waals surface area contributed by atoms with E-state index >= 15 is 0 Å². The van der Waals surface area contributed by atoms with Crippen LogP contribution in [0.1, 0.15) is 51.3 Å². The van der Waals surface area contributed by atoms with Crippen LogP contribution >= 0.6 is 0 Å². The quantitative estimate of drug-likeness (QED) is 0.846. The van der Waals surface area contributed by atoms with Gasteiger partial charge in [0.2, 0.25) is 0 Å². The van der Waals surface area contributed by atoms with Gasteiger partial charge in [-0.05, 0) is 38.8 Å². The van der Waals surface area contributed by atoms with Gasteiger partial charge in [-0.3, -0.25) is 4.90 Å². The van der Waals surface area contributed by atoms with E-state index in [0.717, 1.165) is 6.42 Å². The third kappa shape index (κ3) is 4.05. The molecular weight excluding hydrogens is 232 g/mol. The van der Waals surface area contributed by atoms with E-state index in [0.29, 0.717) is 18.0 Å². The van der Waals surface area contributed by atoms with Crippen molar-refractivity contribution in [2.45, 2.75) is 59.2 Å². The minimum absolute atomic E-state index is 0.174. The molecule has 0 saturated carbocycles. The molecule has 0 bridgehead atoms. The summed E-state index contributed by atoms with van der Waals surface area (Å²) in [5, 5.41) is 0. The first-order chi connectivity index (χ1) is 8.88. The molecule has 0 aliphatic carbocycles. The fraction of sp³-hybridized carbons (Fsp3) is 0.647. The van der Waals surface area contributed by atoms with Crippen molar-refractivity contribution in [2.24, 2.45) is 11.7 Å². The molecule has 0 amide bonds. The average Bonchev–Trinajstić information content (AvgIpc) is 2.37. The van der Waals surface area contributed by atoms with Crippen molar-refractivity contribution in [3.05, 3.63) is 35.4 Å². The van der Waals surface area contributed by atoms with E-state index in [1.807, 2.05) is 0 Å². The van der Waals surface area contributed by atoms with Gasteiger partial charge in [0.25, 0.3) is 0 Å². The maximum Gasteiger partial charge on any atom is 0.0499 e. The molecule has 2 N–H and O–H groups in total. The zero-order valence-corrected chi connectivity index (χ0v) is 13.4. The standard InChI is InChI=1S/C17H30N2/c1-7-16(18)17(19(6)14(5)12(2)3)15-10-8-9-13(4)11-15/h8-12,14,16-17H,7,18H2,1-6H3. The van der Waals surface area contributed by atoms with E-state index in [4.69, 9.17) is 5.73 Å². The summed E-state index contributed by atoms with van der Waals surface area (Å²) in [6.45, 7) is 11.1. The molecule has 0 saturated heterocycles. The summed E-state index contributed by atoms with van der Waals surface area (Å²) in [7, 11) is 2.20. The Bertz CT molecular complexity index is 387. The third-order valence-electron chi connectivity index (χ3n) is 4.31. The smallest absolute Gasteiger partial charge is 0.0499 e. The van der Waals surface area contributed by atoms with Crippen LogP contribution in [0.25, 0.3) is 0 Å². The fourth-order valence-corrected chi connectivity index (χ4v) is 2.59. The first-order valence-electron chi connectivity index (χ1n) is 7.42. The van der Waals surface area contributed by atoms with Crippen molar-refractivity contribution >= 4 is 0 Å². The van der Waals surface area contributed by atoms with Crippen LogP contribution in [0.4, 0.5) is 0 Å². The second kappa shape index (κ2) is 7.06. The Labute approximate surface area is 119 Å². The topological polar surface area (TPSA) is 29.3 Å². The molecular formula is C17H30N2. The summed E-state index contributed by atoms with van der Waals surface area (Å²) < 4.78 is 0. The van der Waals surface area contributed by atoms with Gasteiger partial charge in [-0.25, -0.2) is 0 Å². The number of hydrogen-bond acceptors (Lipinski definition) is 2. The molecule has 2 nitrogen and oxygen atoms in total. The maximum absolute atomic E-state index is 6.40. The van der Waals surface area contributed by atoms with Crippen LogP contribution in [-0.2, 0) is 0 Å². The molecule has 0 aliphatic rings. The van der Waals surface area contributed by atoms with Crippen LogP contribution in [0.3, 0.4) is 0 Å². The minimum Gasteiger partial charge on any atom is -0.326 e.